The van der Waals surface area contributed by atoms with E-state index >= 15 is 0 Å². The number of nitrogens with zero attached hydrogens (tertiary/aromatic N) is 3. The van der Waals surface area contributed by atoms with Crippen LogP contribution in [-0.2, 0) is 11.2 Å². The van der Waals surface area contributed by atoms with Gasteiger partial charge in [-0.1, -0.05) is 18.2 Å². The Balaban J connectivity index is 1.56. The number of hydrogen-bond donors (Lipinski definition) is 2. The van der Waals surface area contributed by atoms with Crippen molar-refractivity contribution in [2.24, 2.45) is 0 Å². The minimum atomic E-state index is -0.0869. The van der Waals surface area contributed by atoms with Gasteiger partial charge in [-0.25, -0.2) is 9.97 Å². The summed E-state index contributed by atoms with van der Waals surface area (Å²) in [7, 11) is 0. The molecule has 1 aliphatic heterocycles. The van der Waals surface area contributed by atoms with Crippen LogP contribution in [0.15, 0.2) is 60.9 Å². The molecule has 1 atom stereocenters. The molecule has 1 aromatic heterocycles. The van der Waals surface area contributed by atoms with Gasteiger partial charge >= 0.3 is 0 Å². The lowest BCUT2D eigenvalue weighted by Crippen LogP contribution is -2.24. The number of hydrogen-bond acceptors (Lipinski definition) is 5. The Labute approximate surface area is 158 Å². The second-order valence-corrected chi connectivity index (χ2v) is 6.70. The molecule has 0 spiro atoms. The summed E-state index contributed by atoms with van der Waals surface area (Å²) in [5.41, 5.74) is 4.20. The zero-order valence-corrected chi connectivity index (χ0v) is 15.3. The van der Waals surface area contributed by atoms with Crippen LogP contribution in [0.3, 0.4) is 0 Å². The maximum atomic E-state index is 11.1. The standard InChI is InChI=1S/C21H21N5O/c1-14-11-16-5-3-4-6-19(16)26(14)21-12-20(22-13-23-21)25-18-9-7-17(8-10-18)24-15(2)27/h3-10,12-14H,11H2,1-2H3,(H,24,27)(H,22,23,25). The number of rotatable bonds is 4. The van der Waals surface area contributed by atoms with Gasteiger partial charge in [-0.3, -0.25) is 4.79 Å². The first-order chi connectivity index (χ1) is 13.1. The predicted molar refractivity (Wildman–Crippen MR) is 108 cm³/mol. The molecule has 0 bridgehead atoms. The Morgan fingerprint density at radius 3 is 2.59 bits per heavy atom. The molecule has 2 heterocycles. The number of aromatic nitrogens is 2. The second-order valence-electron chi connectivity index (χ2n) is 6.70. The molecular weight excluding hydrogens is 338 g/mol. The molecule has 2 N–H and O–H groups in total. The van der Waals surface area contributed by atoms with E-state index < -0.39 is 0 Å². The zero-order chi connectivity index (χ0) is 18.8. The summed E-state index contributed by atoms with van der Waals surface area (Å²) in [6.07, 6.45) is 2.59. The van der Waals surface area contributed by atoms with Crippen LogP contribution in [0, 0.1) is 0 Å². The molecule has 136 valence electrons. The largest absolute Gasteiger partial charge is 0.340 e. The quantitative estimate of drug-likeness (QED) is 0.728. The summed E-state index contributed by atoms with van der Waals surface area (Å²) in [4.78, 5) is 22.2. The third-order valence-corrected chi connectivity index (χ3v) is 4.58. The molecule has 6 heteroatoms. The first kappa shape index (κ1) is 17.0. The number of carbonyl (C=O) groups excluding carboxylic acids is 1. The average molecular weight is 359 g/mol. The van der Waals surface area contributed by atoms with Crippen LogP contribution in [0.4, 0.5) is 28.7 Å². The molecule has 3 aromatic rings. The Kier molecular flexibility index (Phi) is 4.46. The SMILES string of the molecule is CC(=O)Nc1ccc(Nc2cc(N3c4ccccc4CC3C)ncn2)cc1. The van der Waals surface area contributed by atoms with Crippen LogP contribution in [0.1, 0.15) is 19.4 Å². The van der Waals surface area contributed by atoms with Gasteiger partial charge < -0.3 is 15.5 Å². The Hall–Kier alpha value is -3.41. The molecule has 0 aliphatic carbocycles. The highest BCUT2D eigenvalue weighted by Crippen LogP contribution is 2.37. The van der Waals surface area contributed by atoms with Gasteiger partial charge in [0.05, 0.1) is 0 Å². The van der Waals surface area contributed by atoms with E-state index in [2.05, 4.69) is 56.7 Å². The molecule has 1 unspecified atom stereocenters. The van der Waals surface area contributed by atoms with Crippen LogP contribution in [0.2, 0.25) is 0 Å². The minimum absolute atomic E-state index is 0.0869. The Bertz CT molecular complexity index is 970. The fourth-order valence-corrected chi connectivity index (χ4v) is 3.45. The predicted octanol–water partition coefficient (Wildman–Crippen LogP) is 4.26. The lowest BCUT2D eigenvalue weighted by Gasteiger charge is -2.24. The summed E-state index contributed by atoms with van der Waals surface area (Å²) in [5, 5.41) is 6.05. The van der Waals surface area contributed by atoms with Crippen molar-refractivity contribution in [3.8, 4) is 0 Å². The number of carbonyl (C=O) groups is 1. The number of fused-ring (bicyclic) bond motifs is 1. The Morgan fingerprint density at radius 2 is 1.81 bits per heavy atom. The highest BCUT2D eigenvalue weighted by molar-refractivity contribution is 5.88. The lowest BCUT2D eigenvalue weighted by atomic mass is 10.1. The van der Waals surface area contributed by atoms with Gasteiger partial charge in [-0.15, -0.1) is 0 Å². The van der Waals surface area contributed by atoms with Crippen molar-refractivity contribution in [2.75, 3.05) is 15.5 Å². The van der Waals surface area contributed by atoms with Crippen LogP contribution >= 0.6 is 0 Å². The van der Waals surface area contributed by atoms with Crippen molar-refractivity contribution in [2.45, 2.75) is 26.3 Å². The van der Waals surface area contributed by atoms with Gasteiger partial charge in [-0.05, 0) is 49.2 Å². The highest BCUT2D eigenvalue weighted by atomic mass is 16.1. The molecule has 0 fully saturated rings. The normalized spacial score (nSPS) is 15.3. The zero-order valence-electron chi connectivity index (χ0n) is 15.3. The maximum absolute atomic E-state index is 11.1. The third-order valence-electron chi connectivity index (χ3n) is 4.58. The summed E-state index contributed by atoms with van der Waals surface area (Å²) < 4.78 is 0. The molecule has 0 saturated heterocycles. The average Bonchev–Trinajstić information content (AvgIpc) is 2.99. The molecule has 4 rings (SSSR count). The minimum Gasteiger partial charge on any atom is -0.340 e. The van der Waals surface area contributed by atoms with E-state index in [1.807, 2.05) is 30.3 Å². The van der Waals surface area contributed by atoms with Gasteiger partial charge in [0.15, 0.2) is 0 Å². The number of benzene rings is 2. The van der Waals surface area contributed by atoms with Gasteiger partial charge in [-0.2, -0.15) is 0 Å². The van der Waals surface area contributed by atoms with E-state index in [0.29, 0.717) is 6.04 Å². The second kappa shape index (κ2) is 7.07. The van der Waals surface area contributed by atoms with Gasteiger partial charge in [0.2, 0.25) is 5.91 Å². The molecule has 1 aliphatic rings. The molecular formula is C21H21N5O. The molecule has 0 saturated carbocycles. The van der Waals surface area contributed by atoms with Gasteiger partial charge in [0, 0.05) is 36.1 Å². The molecule has 6 nitrogen and oxygen atoms in total. The van der Waals surface area contributed by atoms with Crippen molar-refractivity contribution in [3.05, 3.63) is 66.5 Å². The van der Waals surface area contributed by atoms with Crippen LogP contribution < -0.4 is 15.5 Å². The fourth-order valence-electron chi connectivity index (χ4n) is 3.45. The van der Waals surface area contributed by atoms with Crippen molar-refractivity contribution < 1.29 is 4.79 Å². The number of nitrogens with one attached hydrogen (secondary N) is 2. The van der Waals surface area contributed by atoms with E-state index in [-0.39, 0.29) is 5.91 Å². The summed E-state index contributed by atoms with van der Waals surface area (Å²) in [6, 6.07) is 18.3. The van der Waals surface area contributed by atoms with E-state index in [1.165, 1.54) is 18.2 Å². The Morgan fingerprint density at radius 1 is 1.07 bits per heavy atom. The van der Waals surface area contributed by atoms with Crippen molar-refractivity contribution in [1.29, 1.82) is 0 Å². The molecule has 2 aromatic carbocycles. The van der Waals surface area contributed by atoms with Crippen LogP contribution in [-0.4, -0.2) is 21.9 Å². The van der Waals surface area contributed by atoms with E-state index in [9.17, 15) is 4.79 Å². The fraction of sp³-hybridized carbons (Fsp3) is 0.190. The summed E-state index contributed by atoms with van der Waals surface area (Å²) in [5.74, 6) is 1.51. The van der Waals surface area contributed by atoms with Gasteiger partial charge in [0.1, 0.15) is 18.0 Å². The van der Waals surface area contributed by atoms with Gasteiger partial charge in [0.25, 0.3) is 0 Å². The maximum Gasteiger partial charge on any atom is 0.221 e. The van der Waals surface area contributed by atoms with E-state index in [4.69, 9.17) is 0 Å². The lowest BCUT2D eigenvalue weighted by molar-refractivity contribution is -0.114. The summed E-state index contributed by atoms with van der Waals surface area (Å²) in [6.45, 7) is 3.70. The number of anilines is 5. The summed E-state index contributed by atoms with van der Waals surface area (Å²) >= 11 is 0. The van der Waals surface area contributed by atoms with Crippen LogP contribution in [0.25, 0.3) is 0 Å². The monoisotopic (exact) mass is 359 g/mol. The van der Waals surface area contributed by atoms with Crippen molar-refractivity contribution in [3.63, 3.8) is 0 Å². The van der Waals surface area contributed by atoms with E-state index in [1.54, 1.807) is 6.33 Å². The smallest absolute Gasteiger partial charge is 0.221 e. The molecule has 27 heavy (non-hydrogen) atoms. The molecule has 1 amide bonds. The number of amides is 1. The third kappa shape index (κ3) is 3.60. The van der Waals surface area contributed by atoms with Crippen molar-refractivity contribution in [1.82, 2.24) is 9.97 Å². The molecule has 0 radical (unpaired) electrons. The topological polar surface area (TPSA) is 70.2 Å². The van der Waals surface area contributed by atoms with Crippen LogP contribution in [0.5, 0.6) is 0 Å². The first-order valence-electron chi connectivity index (χ1n) is 8.94. The highest BCUT2D eigenvalue weighted by Gasteiger charge is 2.27. The van der Waals surface area contributed by atoms with Crippen molar-refractivity contribution >= 4 is 34.6 Å². The number of para-hydroxylation sites is 1. The van der Waals surface area contributed by atoms with E-state index in [0.717, 1.165) is 29.4 Å². The first-order valence-corrected chi connectivity index (χ1v) is 8.94.